The molecule has 0 amide bonds. The Morgan fingerprint density at radius 1 is 1.38 bits per heavy atom. The maximum absolute atomic E-state index is 12.6. The molecule has 118 valence electrons. The second-order valence-electron chi connectivity index (χ2n) is 5.91. The molecule has 1 fully saturated rings. The van der Waals surface area contributed by atoms with Crippen molar-refractivity contribution in [2.24, 2.45) is 0 Å². The fourth-order valence-electron chi connectivity index (χ4n) is 3.39. The Kier molecular flexibility index (Phi) is 5.59. The molecule has 0 saturated carbocycles. The number of ketones is 1. The van der Waals surface area contributed by atoms with E-state index in [2.05, 4.69) is 23.3 Å². The molecule has 2 rings (SSSR count). The van der Waals surface area contributed by atoms with E-state index in [0.717, 1.165) is 50.3 Å². The minimum absolute atomic E-state index is 0.236. The zero-order valence-electron chi connectivity index (χ0n) is 13.8. The van der Waals surface area contributed by atoms with Crippen LogP contribution in [0.4, 0.5) is 0 Å². The number of carbonyl (C=O) groups excluding carboxylic acids is 1. The number of nitrogens with zero attached hydrogens (tertiary/aromatic N) is 2. The molecule has 1 aromatic rings. The third-order valence-corrected chi connectivity index (χ3v) is 4.42. The number of likely N-dealkylation sites (tertiary alicyclic amines) is 1. The molecule has 1 saturated heterocycles. The highest BCUT2D eigenvalue weighted by molar-refractivity contribution is 5.99. The second kappa shape index (κ2) is 7.23. The van der Waals surface area contributed by atoms with Crippen molar-refractivity contribution >= 4 is 5.78 Å². The van der Waals surface area contributed by atoms with Crippen LogP contribution in [0.1, 0.15) is 48.4 Å². The van der Waals surface area contributed by atoms with Crippen molar-refractivity contribution < 1.29 is 9.53 Å². The van der Waals surface area contributed by atoms with Gasteiger partial charge < -0.3 is 9.30 Å². The molecule has 0 aliphatic carbocycles. The van der Waals surface area contributed by atoms with Gasteiger partial charge >= 0.3 is 0 Å². The maximum Gasteiger partial charge on any atom is 0.178 e. The summed E-state index contributed by atoms with van der Waals surface area (Å²) in [5.74, 6) is 0.236. The van der Waals surface area contributed by atoms with E-state index < -0.39 is 0 Å². The first-order chi connectivity index (χ1) is 10.1. The van der Waals surface area contributed by atoms with Gasteiger partial charge in [0.15, 0.2) is 5.78 Å². The first-order valence-electron chi connectivity index (χ1n) is 8.10. The van der Waals surface area contributed by atoms with Crippen molar-refractivity contribution in [3.05, 3.63) is 23.0 Å². The van der Waals surface area contributed by atoms with Crippen molar-refractivity contribution in [2.75, 3.05) is 26.2 Å². The molecule has 0 N–H and O–H groups in total. The van der Waals surface area contributed by atoms with Crippen LogP contribution in [-0.2, 0) is 11.3 Å². The molecule has 4 nitrogen and oxygen atoms in total. The van der Waals surface area contributed by atoms with E-state index in [0.29, 0.717) is 12.6 Å². The minimum Gasteiger partial charge on any atom is -0.377 e. The molecule has 0 aromatic carbocycles. The van der Waals surface area contributed by atoms with E-state index in [1.54, 1.807) is 0 Å². The molecule has 0 radical (unpaired) electrons. The van der Waals surface area contributed by atoms with Gasteiger partial charge in [-0.2, -0.15) is 0 Å². The van der Waals surface area contributed by atoms with Crippen molar-refractivity contribution in [3.63, 3.8) is 0 Å². The van der Waals surface area contributed by atoms with Gasteiger partial charge in [-0.15, -0.1) is 0 Å². The Balaban J connectivity index is 2.01. The van der Waals surface area contributed by atoms with Crippen LogP contribution in [0.5, 0.6) is 0 Å². The summed E-state index contributed by atoms with van der Waals surface area (Å²) in [7, 11) is 0. The van der Waals surface area contributed by atoms with Gasteiger partial charge in [0.2, 0.25) is 0 Å². The Hall–Kier alpha value is -1.13. The Morgan fingerprint density at radius 2 is 2.14 bits per heavy atom. The molecular weight excluding hydrogens is 264 g/mol. The van der Waals surface area contributed by atoms with E-state index in [9.17, 15) is 4.79 Å². The van der Waals surface area contributed by atoms with Crippen LogP contribution < -0.4 is 0 Å². The topological polar surface area (TPSA) is 34.5 Å². The summed E-state index contributed by atoms with van der Waals surface area (Å²) in [5.41, 5.74) is 3.15. The maximum atomic E-state index is 12.6. The van der Waals surface area contributed by atoms with Gasteiger partial charge in [-0.3, -0.25) is 9.69 Å². The van der Waals surface area contributed by atoms with Crippen LogP contribution in [0.3, 0.4) is 0 Å². The number of piperidine rings is 1. The van der Waals surface area contributed by atoms with Crippen LogP contribution in [-0.4, -0.2) is 47.6 Å². The molecule has 1 aromatic heterocycles. The highest BCUT2D eigenvalue weighted by atomic mass is 16.5. The van der Waals surface area contributed by atoms with Crippen molar-refractivity contribution in [3.8, 4) is 0 Å². The first-order valence-corrected chi connectivity index (χ1v) is 8.10. The number of carbonyl (C=O) groups is 1. The summed E-state index contributed by atoms with van der Waals surface area (Å²) in [6.07, 6.45) is 2.52. The fraction of sp³-hybridized carbons (Fsp3) is 0.706. The van der Waals surface area contributed by atoms with Crippen LogP contribution in [0, 0.1) is 13.8 Å². The van der Waals surface area contributed by atoms with E-state index in [1.807, 2.05) is 19.9 Å². The van der Waals surface area contributed by atoms with E-state index in [1.165, 1.54) is 5.69 Å². The SMILES string of the molecule is CCO[C@@H]1CCCN(CC(=O)c2cc(C)n(CC)c2C)C1. The molecule has 21 heavy (non-hydrogen) atoms. The molecule has 1 atom stereocenters. The molecule has 0 bridgehead atoms. The third-order valence-electron chi connectivity index (χ3n) is 4.42. The number of aromatic nitrogens is 1. The summed E-state index contributed by atoms with van der Waals surface area (Å²) >= 11 is 0. The number of Topliss-reactive ketones (excluding diaryl/α,β-unsaturated/α-hetero) is 1. The largest absolute Gasteiger partial charge is 0.377 e. The first kappa shape index (κ1) is 16.2. The van der Waals surface area contributed by atoms with E-state index in [4.69, 9.17) is 4.74 Å². The monoisotopic (exact) mass is 292 g/mol. The van der Waals surface area contributed by atoms with E-state index in [-0.39, 0.29) is 5.78 Å². The fourth-order valence-corrected chi connectivity index (χ4v) is 3.39. The normalized spacial score (nSPS) is 19.9. The number of ether oxygens (including phenoxy) is 1. The van der Waals surface area contributed by atoms with Crippen LogP contribution in [0.2, 0.25) is 0 Å². The van der Waals surface area contributed by atoms with Crippen molar-refractivity contribution in [1.29, 1.82) is 0 Å². The van der Waals surface area contributed by atoms with Gasteiger partial charge in [-0.1, -0.05) is 0 Å². The van der Waals surface area contributed by atoms with Gasteiger partial charge in [-0.25, -0.2) is 0 Å². The van der Waals surface area contributed by atoms with Gasteiger partial charge in [0.25, 0.3) is 0 Å². The standard InChI is InChI=1S/C17H28N2O2/c1-5-19-13(3)10-16(14(19)4)17(20)12-18-9-7-8-15(11-18)21-6-2/h10,15H,5-9,11-12H2,1-4H3/t15-/m1/s1. The van der Waals surface area contributed by atoms with Gasteiger partial charge in [0.1, 0.15) is 0 Å². The quantitative estimate of drug-likeness (QED) is 0.756. The predicted octanol–water partition coefficient (Wildman–Crippen LogP) is 2.81. The highest BCUT2D eigenvalue weighted by Crippen LogP contribution is 2.18. The third kappa shape index (κ3) is 3.74. The Bertz CT molecular complexity index is 491. The molecule has 1 aliphatic rings. The van der Waals surface area contributed by atoms with Crippen molar-refractivity contribution in [2.45, 2.75) is 53.2 Å². The average molecular weight is 292 g/mol. The lowest BCUT2D eigenvalue weighted by Gasteiger charge is -2.31. The zero-order valence-corrected chi connectivity index (χ0v) is 13.8. The summed E-state index contributed by atoms with van der Waals surface area (Å²) in [5, 5.41) is 0. The zero-order chi connectivity index (χ0) is 15.4. The number of aryl methyl sites for hydroxylation is 1. The number of hydrogen-bond acceptors (Lipinski definition) is 3. The van der Waals surface area contributed by atoms with Gasteiger partial charge in [0.05, 0.1) is 12.6 Å². The van der Waals surface area contributed by atoms with Crippen LogP contribution >= 0.6 is 0 Å². The minimum atomic E-state index is 0.236. The predicted molar refractivity (Wildman–Crippen MR) is 85.0 cm³/mol. The summed E-state index contributed by atoms with van der Waals surface area (Å²) in [6.45, 7) is 12.3. The molecule has 4 heteroatoms. The molecule has 1 aliphatic heterocycles. The van der Waals surface area contributed by atoms with Gasteiger partial charge in [0, 0.05) is 36.6 Å². The molecule has 0 unspecified atom stereocenters. The summed E-state index contributed by atoms with van der Waals surface area (Å²) in [4.78, 5) is 14.8. The van der Waals surface area contributed by atoms with Crippen LogP contribution in [0.15, 0.2) is 6.07 Å². The Morgan fingerprint density at radius 3 is 2.76 bits per heavy atom. The van der Waals surface area contributed by atoms with Crippen LogP contribution in [0.25, 0.3) is 0 Å². The average Bonchev–Trinajstić information content (AvgIpc) is 2.74. The van der Waals surface area contributed by atoms with E-state index >= 15 is 0 Å². The lowest BCUT2D eigenvalue weighted by molar-refractivity contribution is 0.00718. The molecular formula is C17H28N2O2. The number of hydrogen-bond donors (Lipinski definition) is 0. The molecule has 0 spiro atoms. The van der Waals surface area contributed by atoms with Gasteiger partial charge in [-0.05, 0) is 53.1 Å². The smallest absolute Gasteiger partial charge is 0.178 e. The highest BCUT2D eigenvalue weighted by Gasteiger charge is 2.23. The second-order valence-corrected chi connectivity index (χ2v) is 5.91. The molecule has 2 heterocycles. The lowest BCUT2D eigenvalue weighted by Crippen LogP contribution is -2.42. The Labute approximate surface area is 128 Å². The van der Waals surface area contributed by atoms with Crippen molar-refractivity contribution in [1.82, 2.24) is 9.47 Å². The lowest BCUT2D eigenvalue weighted by atomic mass is 10.1. The number of rotatable bonds is 6. The summed E-state index contributed by atoms with van der Waals surface area (Å²) in [6, 6.07) is 2.03. The summed E-state index contributed by atoms with van der Waals surface area (Å²) < 4.78 is 7.91.